The van der Waals surface area contributed by atoms with Crippen molar-refractivity contribution in [1.82, 2.24) is 0 Å². The largest absolute Gasteiger partial charge is 0.398 e. The van der Waals surface area contributed by atoms with Gasteiger partial charge in [-0.05, 0) is 83.3 Å². The monoisotopic (exact) mass is 680 g/mol. The molecule has 5 aromatic carbocycles. The number of hydrogen-bond acceptors (Lipinski definition) is 3. The van der Waals surface area contributed by atoms with Crippen LogP contribution >= 0.6 is 11.3 Å². The van der Waals surface area contributed by atoms with Gasteiger partial charge in [0, 0.05) is 37.5 Å². The van der Waals surface area contributed by atoms with Gasteiger partial charge in [0.15, 0.2) is 0 Å². The van der Waals surface area contributed by atoms with E-state index in [-0.39, 0.29) is 5.92 Å². The molecule has 0 saturated carbocycles. The van der Waals surface area contributed by atoms with Crippen molar-refractivity contribution in [1.29, 1.82) is 0 Å². The van der Waals surface area contributed by atoms with Crippen LogP contribution in [0.3, 0.4) is 0 Å². The number of nitrogens with two attached hydrogens (primary N) is 2. The first-order valence-corrected chi connectivity index (χ1v) is 18.6. The van der Waals surface area contributed by atoms with Crippen molar-refractivity contribution in [3.05, 3.63) is 189 Å². The molecule has 1 aliphatic carbocycles. The van der Waals surface area contributed by atoms with Crippen LogP contribution in [0.15, 0.2) is 157 Å². The molecular formula is C48H44N2S. The van der Waals surface area contributed by atoms with Gasteiger partial charge in [0.1, 0.15) is 0 Å². The van der Waals surface area contributed by atoms with Crippen LogP contribution in [-0.2, 0) is 6.42 Å². The summed E-state index contributed by atoms with van der Waals surface area (Å²) in [6.07, 6.45) is 18.3. The van der Waals surface area contributed by atoms with E-state index in [1.807, 2.05) is 41.7 Å². The van der Waals surface area contributed by atoms with Gasteiger partial charge in [-0.3, -0.25) is 0 Å². The molecule has 4 N–H and O–H groups in total. The molecule has 1 unspecified atom stereocenters. The summed E-state index contributed by atoms with van der Waals surface area (Å²) in [4.78, 5) is 0. The molecule has 0 fully saturated rings. The Hall–Kier alpha value is -5.64. The van der Waals surface area contributed by atoms with Crippen molar-refractivity contribution in [2.45, 2.75) is 39.0 Å². The molecule has 3 heteroatoms. The zero-order chi connectivity index (χ0) is 35.2. The van der Waals surface area contributed by atoms with Gasteiger partial charge in [0.2, 0.25) is 0 Å². The van der Waals surface area contributed by atoms with E-state index in [2.05, 4.69) is 147 Å². The highest BCUT2D eigenvalue weighted by Crippen LogP contribution is 2.40. The molecule has 0 amide bonds. The second-order valence-electron chi connectivity index (χ2n) is 13.0. The van der Waals surface area contributed by atoms with Crippen molar-refractivity contribution in [2.75, 3.05) is 0 Å². The Kier molecular flexibility index (Phi) is 10.3. The number of benzene rings is 5. The number of hydrogen-bond donors (Lipinski definition) is 2. The minimum absolute atomic E-state index is 0.142. The van der Waals surface area contributed by atoms with Crippen LogP contribution in [0.2, 0.25) is 0 Å². The van der Waals surface area contributed by atoms with Crippen LogP contribution in [0, 0.1) is 0 Å². The van der Waals surface area contributed by atoms with Crippen LogP contribution < -0.4 is 21.2 Å². The predicted molar refractivity (Wildman–Crippen MR) is 222 cm³/mol. The van der Waals surface area contributed by atoms with E-state index in [0.29, 0.717) is 0 Å². The molecule has 1 atom stereocenters. The summed E-state index contributed by atoms with van der Waals surface area (Å²) in [5.74, 6) is 0.142. The van der Waals surface area contributed by atoms with Gasteiger partial charge in [-0.25, -0.2) is 0 Å². The van der Waals surface area contributed by atoms with E-state index >= 15 is 0 Å². The fourth-order valence-corrected chi connectivity index (χ4v) is 8.39. The predicted octanol–water partition coefficient (Wildman–Crippen LogP) is 10.7. The third-order valence-corrected chi connectivity index (χ3v) is 11.2. The average Bonchev–Trinajstić information content (AvgIpc) is 3.58. The molecule has 0 radical (unpaired) electrons. The SMILES string of the molecule is C/C=c1\c(=C/C)sc2c(-c3ccc(/C(N)=C/C(C4=CC=CCC4)c4ccccc4)cc3)c(-c3ccc(C/C=C(\N)c4ccccc4)cc3)ccc12. The van der Waals surface area contributed by atoms with Crippen molar-refractivity contribution < 1.29 is 0 Å². The van der Waals surface area contributed by atoms with E-state index in [9.17, 15) is 0 Å². The summed E-state index contributed by atoms with van der Waals surface area (Å²) < 4.78 is 2.60. The van der Waals surface area contributed by atoms with E-state index < -0.39 is 0 Å². The fraction of sp³-hybridized carbons (Fsp3) is 0.125. The Morgan fingerprint density at radius 2 is 1.41 bits per heavy atom. The van der Waals surface area contributed by atoms with Gasteiger partial charge in [0.05, 0.1) is 0 Å². The Balaban J connectivity index is 1.26. The molecule has 0 aliphatic heterocycles. The van der Waals surface area contributed by atoms with Crippen molar-refractivity contribution in [3.8, 4) is 22.3 Å². The Morgan fingerprint density at radius 1 is 0.725 bits per heavy atom. The lowest BCUT2D eigenvalue weighted by Crippen LogP contribution is -2.17. The summed E-state index contributed by atoms with van der Waals surface area (Å²) in [7, 11) is 0. The van der Waals surface area contributed by atoms with Gasteiger partial charge in [-0.1, -0.05) is 163 Å². The fourth-order valence-electron chi connectivity index (χ4n) is 7.10. The minimum Gasteiger partial charge on any atom is -0.398 e. The summed E-state index contributed by atoms with van der Waals surface area (Å²) >= 11 is 1.87. The molecule has 1 heterocycles. The molecule has 7 rings (SSSR count). The lowest BCUT2D eigenvalue weighted by molar-refractivity contribution is 0.851. The number of fused-ring (bicyclic) bond motifs is 1. The first-order chi connectivity index (χ1) is 25.0. The number of thiophene rings is 1. The average molecular weight is 681 g/mol. The maximum atomic E-state index is 6.89. The molecule has 252 valence electrons. The van der Waals surface area contributed by atoms with E-state index in [0.717, 1.165) is 41.8 Å². The van der Waals surface area contributed by atoms with Gasteiger partial charge in [0.25, 0.3) is 0 Å². The Bertz CT molecular complexity index is 2390. The maximum absolute atomic E-state index is 6.89. The smallest absolute Gasteiger partial charge is 0.0439 e. The van der Waals surface area contributed by atoms with E-state index in [4.69, 9.17) is 11.5 Å². The van der Waals surface area contributed by atoms with E-state index in [1.54, 1.807) is 0 Å². The normalized spacial score (nSPS) is 15.0. The summed E-state index contributed by atoms with van der Waals surface area (Å²) in [5, 5.41) is 2.59. The first-order valence-electron chi connectivity index (χ1n) is 17.8. The lowest BCUT2D eigenvalue weighted by Gasteiger charge is -2.20. The van der Waals surface area contributed by atoms with Crippen LogP contribution in [-0.4, -0.2) is 0 Å². The van der Waals surface area contributed by atoms with Gasteiger partial charge >= 0.3 is 0 Å². The third-order valence-electron chi connectivity index (χ3n) is 9.86. The Labute approximate surface area is 305 Å². The van der Waals surface area contributed by atoms with Crippen LogP contribution in [0.5, 0.6) is 0 Å². The molecule has 2 nitrogen and oxygen atoms in total. The Morgan fingerprint density at radius 3 is 2.08 bits per heavy atom. The molecular weight excluding hydrogens is 637 g/mol. The molecule has 0 saturated heterocycles. The van der Waals surface area contributed by atoms with Crippen LogP contribution in [0.1, 0.15) is 54.9 Å². The maximum Gasteiger partial charge on any atom is 0.0439 e. The second-order valence-corrected chi connectivity index (χ2v) is 14.1. The second kappa shape index (κ2) is 15.5. The van der Waals surface area contributed by atoms with Crippen LogP contribution in [0.4, 0.5) is 0 Å². The van der Waals surface area contributed by atoms with E-state index in [1.165, 1.54) is 58.8 Å². The zero-order valence-electron chi connectivity index (χ0n) is 29.4. The summed E-state index contributed by atoms with van der Waals surface area (Å²) in [5.41, 5.74) is 25.7. The van der Waals surface area contributed by atoms with Gasteiger partial charge in [-0.2, -0.15) is 0 Å². The number of rotatable bonds is 9. The molecule has 6 aromatic rings. The third kappa shape index (κ3) is 7.31. The molecule has 1 aromatic heterocycles. The highest BCUT2D eigenvalue weighted by Gasteiger charge is 2.18. The summed E-state index contributed by atoms with van der Waals surface area (Å²) in [6.45, 7) is 4.26. The number of allylic oxidation sites excluding steroid dienone is 6. The molecule has 0 bridgehead atoms. The van der Waals surface area contributed by atoms with Gasteiger partial charge < -0.3 is 11.5 Å². The van der Waals surface area contributed by atoms with Crippen LogP contribution in [0.25, 0.3) is 55.9 Å². The zero-order valence-corrected chi connectivity index (χ0v) is 30.2. The van der Waals surface area contributed by atoms with Crippen molar-refractivity contribution in [3.63, 3.8) is 0 Å². The molecule has 0 spiro atoms. The van der Waals surface area contributed by atoms with Gasteiger partial charge in [-0.15, -0.1) is 11.3 Å². The van der Waals surface area contributed by atoms with Crippen molar-refractivity contribution >= 4 is 45.0 Å². The first kappa shape index (κ1) is 33.8. The van der Waals surface area contributed by atoms with Crippen molar-refractivity contribution in [2.24, 2.45) is 11.5 Å². The molecule has 1 aliphatic rings. The minimum atomic E-state index is 0.142. The lowest BCUT2D eigenvalue weighted by atomic mass is 9.85. The highest BCUT2D eigenvalue weighted by atomic mass is 32.1. The summed E-state index contributed by atoms with van der Waals surface area (Å²) in [6, 6.07) is 43.2. The molecule has 51 heavy (non-hydrogen) atoms. The topological polar surface area (TPSA) is 52.0 Å². The highest BCUT2D eigenvalue weighted by molar-refractivity contribution is 7.17. The quantitative estimate of drug-likeness (QED) is 0.160. The standard InChI is InChI=1S/C48H44N2S/c1-3-40-42-30-29-41(36-23-20-33(21-24-36)22-31-44(49)37-18-12-7-13-19-37)47(48(42)51-46(40)4-2)39-27-25-38(26-28-39)45(50)32-43(34-14-8-5-9-15-34)35-16-10-6-11-17-35/h3-10,12-16,18-21,23-32,43H,11,17,22,49-50H2,1-2H3/b40-3-,44-31-,45-32-,46-4+.